The largest absolute Gasteiger partial charge is 0.483 e. The Morgan fingerprint density at radius 1 is 1.17 bits per heavy atom. The number of likely N-dealkylation sites (N-methyl/N-ethyl adjacent to an activating group) is 1. The predicted octanol–water partition coefficient (Wildman–Crippen LogP) is 3.84. The number of nitrogen functional groups attached to an aromatic ring is 1. The number of ether oxygens (including phenoxy) is 1. The number of benzene rings is 2. The molecule has 1 fully saturated rings. The molecule has 156 valence electrons. The highest BCUT2D eigenvalue weighted by Gasteiger charge is 2.26. The first-order valence-corrected chi connectivity index (χ1v) is 10.0. The Balaban J connectivity index is 1.54. The number of carbonyl (C=O) groups is 1. The van der Waals surface area contributed by atoms with Gasteiger partial charge >= 0.3 is 0 Å². The van der Waals surface area contributed by atoms with Crippen LogP contribution in [0.2, 0.25) is 0 Å². The standard InChI is InChI=1S/C23H30FN3O2/c1-15-13-21(16(2)17(3)23(15)25)29-14-22(28)26(4)19-9-11-27(12-10-19)20-7-5-18(24)6-8-20/h5-8,13,19H,9-12,14,25H2,1-4H3. The molecule has 0 radical (unpaired) electrons. The van der Waals surface area contributed by atoms with Crippen LogP contribution in [0.4, 0.5) is 15.8 Å². The van der Waals surface area contributed by atoms with Crippen LogP contribution in [-0.2, 0) is 4.79 Å². The van der Waals surface area contributed by atoms with Crippen molar-refractivity contribution >= 4 is 17.3 Å². The van der Waals surface area contributed by atoms with E-state index in [0.717, 1.165) is 54.0 Å². The van der Waals surface area contributed by atoms with Crippen LogP contribution >= 0.6 is 0 Å². The van der Waals surface area contributed by atoms with E-state index in [4.69, 9.17) is 10.5 Å². The molecule has 3 rings (SSSR count). The fourth-order valence-corrected chi connectivity index (χ4v) is 3.82. The highest BCUT2D eigenvalue weighted by atomic mass is 19.1. The second-order valence-electron chi connectivity index (χ2n) is 7.84. The molecule has 2 N–H and O–H groups in total. The van der Waals surface area contributed by atoms with Crippen LogP contribution in [0.25, 0.3) is 0 Å². The molecular formula is C23H30FN3O2. The van der Waals surface area contributed by atoms with Crippen molar-refractivity contribution in [2.24, 2.45) is 0 Å². The summed E-state index contributed by atoms with van der Waals surface area (Å²) in [5, 5.41) is 0. The number of hydrogen-bond acceptors (Lipinski definition) is 4. The van der Waals surface area contributed by atoms with Crippen LogP contribution in [0.3, 0.4) is 0 Å². The van der Waals surface area contributed by atoms with Crippen LogP contribution in [-0.4, -0.2) is 43.6 Å². The van der Waals surface area contributed by atoms with Crippen LogP contribution in [0.1, 0.15) is 29.5 Å². The van der Waals surface area contributed by atoms with Crippen LogP contribution in [0, 0.1) is 26.6 Å². The number of piperidine rings is 1. The molecule has 0 unspecified atom stereocenters. The first-order valence-electron chi connectivity index (χ1n) is 10.0. The molecule has 1 amide bonds. The maximum Gasteiger partial charge on any atom is 0.260 e. The van der Waals surface area contributed by atoms with E-state index in [1.54, 1.807) is 17.0 Å². The summed E-state index contributed by atoms with van der Waals surface area (Å²) in [4.78, 5) is 16.7. The monoisotopic (exact) mass is 399 g/mol. The van der Waals surface area contributed by atoms with E-state index in [-0.39, 0.29) is 24.4 Å². The van der Waals surface area contributed by atoms with Gasteiger partial charge in [0.25, 0.3) is 5.91 Å². The van der Waals surface area contributed by atoms with Crippen LogP contribution < -0.4 is 15.4 Å². The second kappa shape index (κ2) is 8.72. The second-order valence-corrected chi connectivity index (χ2v) is 7.84. The van der Waals surface area contributed by atoms with Gasteiger partial charge in [-0.15, -0.1) is 0 Å². The van der Waals surface area contributed by atoms with Crippen molar-refractivity contribution in [1.29, 1.82) is 0 Å². The minimum Gasteiger partial charge on any atom is -0.483 e. The molecule has 29 heavy (non-hydrogen) atoms. The molecule has 6 heteroatoms. The average molecular weight is 400 g/mol. The molecule has 1 aliphatic rings. The molecular weight excluding hydrogens is 369 g/mol. The summed E-state index contributed by atoms with van der Waals surface area (Å²) in [6, 6.07) is 8.65. The van der Waals surface area contributed by atoms with E-state index in [1.165, 1.54) is 12.1 Å². The summed E-state index contributed by atoms with van der Waals surface area (Å²) >= 11 is 0. The zero-order valence-electron chi connectivity index (χ0n) is 17.7. The van der Waals surface area contributed by atoms with E-state index in [2.05, 4.69) is 4.90 Å². The summed E-state index contributed by atoms with van der Waals surface area (Å²) in [7, 11) is 1.84. The Morgan fingerprint density at radius 2 is 1.79 bits per heavy atom. The zero-order chi connectivity index (χ0) is 21.1. The number of hydrogen-bond donors (Lipinski definition) is 1. The predicted molar refractivity (Wildman–Crippen MR) is 115 cm³/mol. The molecule has 1 saturated heterocycles. The maximum atomic E-state index is 13.1. The molecule has 5 nitrogen and oxygen atoms in total. The molecule has 0 aliphatic carbocycles. The first-order chi connectivity index (χ1) is 13.8. The third kappa shape index (κ3) is 4.63. The van der Waals surface area contributed by atoms with E-state index in [1.807, 2.05) is 33.9 Å². The van der Waals surface area contributed by atoms with Crippen molar-refractivity contribution in [3.63, 3.8) is 0 Å². The van der Waals surface area contributed by atoms with Gasteiger partial charge in [0.15, 0.2) is 6.61 Å². The Labute approximate surface area is 172 Å². The summed E-state index contributed by atoms with van der Waals surface area (Å²) in [5.74, 6) is 0.453. The fourth-order valence-electron chi connectivity index (χ4n) is 3.82. The van der Waals surface area contributed by atoms with Crippen molar-refractivity contribution in [1.82, 2.24) is 4.90 Å². The molecule has 1 aliphatic heterocycles. The van der Waals surface area contributed by atoms with Crippen molar-refractivity contribution in [2.45, 2.75) is 39.7 Å². The number of anilines is 2. The minimum atomic E-state index is -0.226. The number of carbonyl (C=O) groups excluding carboxylic acids is 1. The van der Waals surface area contributed by atoms with Gasteiger partial charge in [-0.05, 0) is 80.6 Å². The highest BCUT2D eigenvalue weighted by Crippen LogP contribution is 2.29. The van der Waals surface area contributed by atoms with Gasteiger partial charge in [-0.1, -0.05) is 0 Å². The lowest BCUT2D eigenvalue weighted by atomic mass is 10.0. The molecule has 0 spiro atoms. The third-order valence-corrected chi connectivity index (χ3v) is 6.06. The van der Waals surface area contributed by atoms with Gasteiger partial charge in [0.2, 0.25) is 0 Å². The molecule has 2 aromatic rings. The number of nitrogens with zero attached hydrogens (tertiary/aromatic N) is 2. The molecule has 0 atom stereocenters. The summed E-state index contributed by atoms with van der Waals surface area (Å²) < 4.78 is 19.0. The van der Waals surface area contributed by atoms with Gasteiger partial charge in [-0.3, -0.25) is 4.79 Å². The van der Waals surface area contributed by atoms with E-state index in [0.29, 0.717) is 5.75 Å². The quantitative estimate of drug-likeness (QED) is 0.776. The normalized spacial score (nSPS) is 14.7. The fraction of sp³-hybridized carbons (Fsp3) is 0.435. The minimum absolute atomic E-state index is 0.0122. The molecule has 2 aromatic carbocycles. The molecule has 0 bridgehead atoms. The number of rotatable bonds is 5. The van der Waals surface area contributed by atoms with Gasteiger partial charge in [-0.25, -0.2) is 4.39 Å². The summed E-state index contributed by atoms with van der Waals surface area (Å²) in [5.41, 5.74) is 10.8. The first kappa shape index (κ1) is 21.0. The molecule has 0 saturated carbocycles. The maximum absolute atomic E-state index is 13.1. The Kier molecular flexibility index (Phi) is 6.30. The number of halogens is 1. The van der Waals surface area contributed by atoms with Gasteiger partial charge < -0.3 is 20.3 Å². The third-order valence-electron chi connectivity index (χ3n) is 6.06. The summed E-state index contributed by atoms with van der Waals surface area (Å²) in [6.07, 6.45) is 1.75. The highest BCUT2D eigenvalue weighted by molar-refractivity contribution is 5.78. The van der Waals surface area contributed by atoms with Gasteiger partial charge in [0.1, 0.15) is 11.6 Å². The van der Waals surface area contributed by atoms with Crippen molar-refractivity contribution in [3.05, 3.63) is 52.8 Å². The molecule has 1 heterocycles. The van der Waals surface area contributed by atoms with Crippen LogP contribution in [0.15, 0.2) is 30.3 Å². The lowest BCUT2D eigenvalue weighted by molar-refractivity contribution is -0.134. The summed E-state index contributed by atoms with van der Waals surface area (Å²) in [6.45, 7) is 7.55. The zero-order valence-corrected chi connectivity index (χ0v) is 17.7. The van der Waals surface area contributed by atoms with Crippen molar-refractivity contribution < 1.29 is 13.9 Å². The number of aryl methyl sites for hydroxylation is 1. The van der Waals surface area contributed by atoms with Crippen LogP contribution in [0.5, 0.6) is 5.75 Å². The number of amides is 1. The van der Waals surface area contributed by atoms with Crippen molar-refractivity contribution in [2.75, 3.05) is 37.4 Å². The van der Waals surface area contributed by atoms with Gasteiger partial charge in [0, 0.05) is 37.6 Å². The van der Waals surface area contributed by atoms with Gasteiger partial charge in [-0.2, -0.15) is 0 Å². The Morgan fingerprint density at radius 3 is 2.41 bits per heavy atom. The number of nitrogens with two attached hydrogens (primary N) is 1. The smallest absolute Gasteiger partial charge is 0.260 e. The van der Waals surface area contributed by atoms with Crippen molar-refractivity contribution in [3.8, 4) is 5.75 Å². The lowest BCUT2D eigenvalue weighted by Crippen LogP contribution is -2.47. The SMILES string of the molecule is Cc1cc(OCC(=O)N(C)C2CCN(c3ccc(F)cc3)CC2)c(C)c(C)c1N. The van der Waals surface area contributed by atoms with Gasteiger partial charge in [0.05, 0.1) is 0 Å². The lowest BCUT2D eigenvalue weighted by Gasteiger charge is -2.37. The van der Waals surface area contributed by atoms with E-state index < -0.39 is 0 Å². The Bertz CT molecular complexity index is 875. The molecule has 0 aromatic heterocycles. The average Bonchev–Trinajstić information content (AvgIpc) is 2.73. The Hall–Kier alpha value is -2.76. The topological polar surface area (TPSA) is 58.8 Å². The van der Waals surface area contributed by atoms with E-state index in [9.17, 15) is 9.18 Å². The van der Waals surface area contributed by atoms with E-state index >= 15 is 0 Å².